The van der Waals surface area contributed by atoms with Crippen LogP contribution in [0.25, 0.3) is 0 Å². The second-order valence-corrected chi connectivity index (χ2v) is 7.91. The number of hydrogen-bond acceptors (Lipinski definition) is 4. The Bertz CT molecular complexity index is 620. The lowest BCUT2D eigenvalue weighted by molar-refractivity contribution is -0.121. The van der Waals surface area contributed by atoms with E-state index in [-0.39, 0.29) is 5.91 Å². The number of halogens is 1. The monoisotopic (exact) mass is 398 g/mol. The molecule has 0 aliphatic carbocycles. The summed E-state index contributed by atoms with van der Waals surface area (Å²) in [6.45, 7) is 2.12. The number of hydrogen-bond donors (Lipinski definition) is 1. The van der Waals surface area contributed by atoms with Crippen LogP contribution in [0.5, 0.6) is 0 Å². The molecule has 2 aromatic rings. The lowest BCUT2D eigenvalue weighted by Crippen LogP contribution is -2.16. The lowest BCUT2D eigenvalue weighted by Gasteiger charge is -1.99. The maximum Gasteiger partial charge on any atom is 0.240 e. The van der Waals surface area contributed by atoms with E-state index in [0.29, 0.717) is 6.42 Å². The highest BCUT2D eigenvalue weighted by atomic mass is 79.9. The lowest BCUT2D eigenvalue weighted by atomic mass is 10.2. The molecule has 0 atom stereocenters. The number of carbonyl (C=O) groups excluding carboxylic acids is 1. The molecule has 2 heterocycles. The van der Waals surface area contributed by atoms with Crippen LogP contribution < -0.4 is 5.43 Å². The summed E-state index contributed by atoms with van der Waals surface area (Å²) >= 11 is 6.98. The van der Waals surface area contributed by atoms with Gasteiger partial charge in [-0.3, -0.25) is 4.79 Å². The van der Waals surface area contributed by atoms with E-state index < -0.39 is 0 Å². The van der Waals surface area contributed by atoms with E-state index >= 15 is 0 Å². The minimum atomic E-state index is -0.0197. The molecule has 1 amide bonds. The fourth-order valence-corrected chi connectivity index (χ4v) is 4.53. The van der Waals surface area contributed by atoms with Crippen LogP contribution in [0, 0.1) is 0 Å². The highest BCUT2D eigenvalue weighted by molar-refractivity contribution is 9.10. The van der Waals surface area contributed by atoms with Crippen molar-refractivity contribution in [3.05, 3.63) is 42.7 Å². The Morgan fingerprint density at radius 2 is 2.32 bits per heavy atom. The summed E-state index contributed by atoms with van der Waals surface area (Å²) in [6.07, 6.45) is 6.21. The van der Waals surface area contributed by atoms with Gasteiger partial charge in [0.2, 0.25) is 5.91 Å². The van der Waals surface area contributed by atoms with Gasteiger partial charge in [-0.15, -0.1) is 22.7 Å². The minimum Gasteiger partial charge on any atom is -0.273 e. The second-order valence-electron chi connectivity index (χ2n) is 4.85. The van der Waals surface area contributed by atoms with Crippen LogP contribution in [0.2, 0.25) is 0 Å². The predicted octanol–water partition coefficient (Wildman–Crippen LogP) is 5.00. The Morgan fingerprint density at radius 1 is 1.45 bits per heavy atom. The van der Waals surface area contributed by atoms with E-state index in [9.17, 15) is 4.79 Å². The molecule has 22 heavy (non-hydrogen) atoms. The number of nitrogens with one attached hydrogen (secondary N) is 1. The summed E-state index contributed by atoms with van der Waals surface area (Å²) in [5, 5.41) is 6.11. The highest BCUT2D eigenvalue weighted by Gasteiger charge is 2.04. The molecule has 0 spiro atoms. The Balaban J connectivity index is 1.65. The predicted molar refractivity (Wildman–Crippen MR) is 99.0 cm³/mol. The topological polar surface area (TPSA) is 41.5 Å². The van der Waals surface area contributed by atoms with Gasteiger partial charge in [-0.25, -0.2) is 5.43 Å². The van der Waals surface area contributed by atoms with Crippen LogP contribution in [0.3, 0.4) is 0 Å². The van der Waals surface area contributed by atoms with Crippen LogP contribution in [0.15, 0.2) is 33.2 Å². The first-order valence-electron chi connectivity index (χ1n) is 7.31. The Hall–Kier alpha value is -0.980. The van der Waals surface area contributed by atoms with Crippen molar-refractivity contribution in [2.24, 2.45) is 5.10 Å². The van der Waals surface area contributed by atoms with E-state index in [1.165, 1.54) is 9.75 Å². The minimum absolute atomic E-state index is 0.0197. The van der Waals surface area contributed by atoms with Crippen molar-refractivity contribution in [2.45, 2.75) is 39.0 Å². The number of aryl methyl sites for hydroxylation is 2. The average Bonchev–Trinajstić information content (AvgIpc) is 3.13. The van der Waals surface area contributed by atoms with Crippen molar-refractivity contribution in [1.29, 1.82) is 0 Å². The van der Waals surface area contributed by atoms with E-state index in [1.54, 1.807) is 28.9 Å². The molecule has 0 unspecified atom stereocenters. The van der Waals surface area contributed by atoms with Gasteiger partial charge in [-0.05, 0) is 59.1 Å². The van der Waals surface area contributed by atoms with Gasteiger partial charge in [-0.1, -0.05) is 13.0 Å². The molecule has 6 heteroatoms. The molecular formula is C16H19BrN2OS2. The number of nitrogens with zero attached hydrogens (tertiary/aromatic N) is 1. The van der Waals surface area contributed by atoms with Gasteiger partial charge in [0.15, 0.2) is 0 Å². The van der Waals surface area contributed by atoms with Crippen LogP contribution >= 0.6 is 38.6 Å². The first-order valence-corrected chi connectivity index (χ1v) is 9.80. The van der Waals surface area contributed by atoms with Gasteiger partial charge in [0, 0.05) is 25.5 Å². The summed E-state index contributed by atoms with van der Waals surface area (Å²) < 4.78 is 1.11. The third-order valence-corrected chi connectivity index (χ3v) is 6.26. The number of rotatable bonds is 8. The Kier molecular flexibility index (Phi) is 7.29. The van der Waals surface area contributed by atoms with Crippen molar-refractivity contribution in [1.82, 2.24) is 5.43 Å². The number of carbonyl (C=O) groups is 1. The first kappa shape index (κ1) is 17.4. The van der Waals surface area contributed by atoms with E-state index in [2.05, 4.69) is 50.9 Å². The summed E-state index contributed by atoms with van der Waals surface area (Å²) in [6, 6.07) is 6.23. The third-order valence-electron chi connectivity index (χ3n) is 3.14. The fourth-order valence-electron chi connectivity index (χ4n) is 1.99. The maximum absolute atomic E-state index is 11.7. The van der Waals surface area contributed by atoms with Crippen molar-refractivity contribution >= 4 is 50.7 Å². The number of amides is 1. The molecule has 0 saturated carbocycles. The van der Waals surface area contributed by atoms with Gasteiger partial charge in [-0.2, -0.15) is 5.10 Å². The summed E-state index contributed by atoms with van der Waals surface area (Å²) in [7, 11) is 0. The molecule has 0 saturated heterocycles. The van der Waals surface area contributed by atoms with E-state index in [1.807, 2.05) is 6.07 Å². The highest BCUT2D eigenvalue weighted by Crippen LogP contribution is 2.26. The van der Waals surface area contributed by atoms with Gasteiger partial charge in [0.1, 0.15) is 0 Å². The molecule has 0 aliphatic rings. The molecule has 0 bridgehead atoms. The fraction of sp³-hybridized carbons (Fsp3) is 0.375. The summed E-state index contributed by atoms with van der Waals surface area (Å²) in [5.74, 6) is -0.0197. The summed E-state index contributed by atoms with van der Waals surface area (Å²) in [4.78, 5) is 15.4. The molecule has 2 aromatic heterocycles. The van der Waals surface area contributed by atoms with Crippen molar-refractivity contribution in [3.8, 4) is 0 Å². The number of thiophene rings is 2. The van der Waals surface area contributed by atoms with Gasteiger partial charge in [0.05, 0.1) is 6.21 Å². The molecule has 1 N–H and O–H groups in total. The van der Waals surface area contributed by atoms with Crippen molar-refractivity contribution in [3.63, 3.8) is 0 Å². The van der Waals surface area contributed by atoms with Crippen LogP contribution in [0.1, 0.15) is 40.8 Å². The normalized spacial score (nSPS) is 11.2. The average molecular weight is 399 g/mol. The van der Waals surface area contributed by atoms with Crippen LogP contribution in [0.4, 0.5) is 0 Å². The molecule has 0 aromatic carbocycles. The zero-order chi connectivity index (χ0) is 15.8. The van der Waals surface area contributed by atoms with Crippen LogP contribution in [-0.2, 0) is 17.6 Å². The van der Waals surface area contributed by atoms with Crippen LogP contribution in [-0.4, -0.2) is 12.1 Å². The smallest absolute Gasteiger partial charge is 0.240 e. The van der Waals surface area contributed by atoms with Crippen molar-refractivity contribution < 1.29 is 4.79 Å². The summed E-state index contributed by atoms with van der Waals surface area (Å²) in [5.41, 5.74) is 2.60. The largest absolute Gasteiger partial charge is 0.273 e. The molecule has 0 fully saturated rings. The molecular weight excluding hydrogens is 380 g/mol. The van der Waals surface area contributed by atoms with E-state index in [0.717, 1.165) is 35.0 Å². The zero-order valence-electron chi connectivity index (χ0n) is 12.5. The SMILES string of the molecule is CCc1sc(/C=N/NC(=O)CCCCc2cccs2)cc1Br. The number of unbranched alkanes of at least 4 members (excludes halogenated alkanes) is 1. The zero-order valence-corrected chi connectivity index (χ0v) is 15.7. The van der Waals surface area contributed by atoms with E-state index in [4.69, 9.17) is 0 Å². The second kappa shape index (κ2) is 9.22. The third kappa shape index (κ3) is 5.66. The van der Waals surface area contributed by atoms with Gasteiger partial charge >= 0.3 is 0 Å². The molecule has 118 valence electrons. The molecule has 3 nitrogen and oxygen atoms in total. The quantitative estimate of drug-likeness (QED) is 0.379. The Labute approximate surface area is 147 Å². The van der Waals surface area contributed by atoms with Crippen molar-refractivity contribution in [2.75, 3.05) is 0 Å². The number of hydrazone groups is 1. The maximum atomic E-state index is 11.7. The standard InChI is InChI=1S/C16H19BrN2OS2/c1-2-15-14(17)10-13(22-15)11-18-19-16(20)8-4-3-6-12-7-5-9-21-12/h5,7,9-11H,2-4,6,8H2,1H3,(H,19,20)/b18-11+. The Morgan fingerprint density at radius 3 is 3.00 bits per heavy atom. The molecule has 0 aliphatic heterocycles. The molecule has 0 radical (unpaired) electrons. The van der Waals surface area contributed by atoms with Gasteiger partial charge < -0.3 is 0 Å². The van der Waals surface area contributed by atoms with Gasteiger partial charge in [0.25, 0.3) is 0 Å². The molecule has 2 rings (SSSR count). The first-order chi connectivity index (χ1) is 10.7.